The van der Waals surface area contributed by atoms with E-state index in [0.717, 1.165) is 4.47 Å². The fourth-order valence-corrected chi connectivity index (χ4v) is 3.67. The van der Waals surface area contributed by atoms with Crippen LogP contribution in [-0.2, 0) is 9.53 Å². The minimum Gasteiger partial charge on any atom is -0.467 e. The summed E-state index contributed by atoms with van der Waals surface area (Å²) < 4.78 is 9.03. The molecule has 1 atom stereocenters. The predicted molar refractivity (Wildman–Crippen MR) is 113 cm³/mol. The van der Waals surface area contributed by atoms with Gasteiger partial charge >= 0.3 is 5.97 Å². The fraction of sp³-hybridized carbons (Fsp3) is 0.200. The van der Waals surface area contributed by atoms with E-state index >= 15 is 0 Å². The molecule has 0 aliphatic rings. The molecule has 0 spiro atoms. The molecule has 2 heterocycles. The number of hydrogen-bond acceptors (Lipinski definition) is 6. The maximum absolute atomic E-state index is 12.8. The number of methoxy groups -OCH3 is 1. The summed E-state index contributed by atoms with van der Waals surface area (Å²) in [6.45, 7) is 0. The van der Waals surface area contributed by atoms with Crippen molar-refractivity contribution in [2.45, 2.75) is 6.04 Å². The fourth-order valence-electron chi connectivity index (χ4n) is 3.31. The van der Waals surface area contributed by atoms with E-state index in [0.29, 0.717) is 22.4 Å². The number of aromatic nitrogens is 4. The first-order valence-corrected chi connectivity index (χ1v) is 9.62. The Kier molecular flexibility index (Phi) is 4.83. The summed E-state index contributed by atoms with van der Waals surface area (Å²) in [5.74, 6) is 0.286. The average Bonchev–Trinajstić information content (AvgIpc) is 3.08. The van der Waals surface area contributed by atoms with Gasteiger partial charge in [0.25, 0.3) is 5.56 Å². The Morgan fingerprint density at radius 1 is 1.17 bits per heavy atom. The van der Waals surface area contributed by atoms with Gasteiger partial charge in [-0.3, -0.25) is 4.79 Å². The van der Waals surface area contributed by atoms with Crippen LogP contribution in [0.25, 0.3) is 16.7 Å². The molecule has 0 fully saturated rings. The van der Waals surface area contributed by atoms with Crippen LogP contribution in [0.5, 0.6) is 0 Å². The molecule has 0 aliphatic heterocycles. The molecule has 2 aromatic carbocycles. The molecule has 4 rings (SSSR count). The molecular formula is C20H18BrN5O3. The van der Waals surface area contributed by atoms with Crippen LogP contribution in [-0.4, -0.2) is 46.3 Å². The van der Waals surface area contributed by atoms with Crippen LogP contribution in [0.1, 0.15) is 11.6 Å². The maximum atomic E-state index is 12.8. The minimum atomic E-state index is -0.885. The van der Waals surface area contributed by atoms with Gasteiger partial charge < -0.3 is 9.64 Å². The third-order valence-electron chi connectivity index (χ3n) is 4.62. The average molecular weight is 456 g/mol. The van der Waals surface area contributed by atoms with Gasteiger partial charge in [0, 0.05) is 18.6 Å². The van der Waals surface area contributed by atoms with E-state index in [-0.39, 0.29) is 5.78 Å². The van der Waals surface area contributed by atoms with Crippen molar-refractivity contribution in [1.82, 2.24) is 19.2 Å². The van der Waals surface area contributed by atoms with Crippen molar-refractivity contribution < 1.29 is 9.53 Å². The van der Waals surface area contributed by atoms with Crippen molar-refractivity contribution in [2.24, 2.45) is 0 Å². The van der Waals surface area contributed by atoms with Crippen LogP contribution in [0.3, 0.4) is 0 Å². The lowest BCUT2D eigenvalue weighted by Crippen LogP contribution is -2.25. The van der Waals surface area contributed by atoms with E-state index in [2.05, 4.69) is 26.0 Å². The van der Waals surface area contributed by atoms with Gasteiger partial charge in [0.2, 0.25) is 11.7 Å². The molecular weight excluding hydrogens is 438 g/mol. The molecule has 0 bridgehead atoms. The van der Waals surface area contributed by atoms with Gasteiger partial charge in [-0.25, -0.2) is 13.9 Å². The number of nitrogens with zero attached hydrogens (tertiary/aromatic N) is 5. The standard InChI is InChI=1S/C20H18BrN5O3/c1-24(2)20-23-26(16(18(28)29-3)12-7-5-4-6-8-12)19-22-17(27)14-11-13(21)9-10-15(14)25(19)20/h4-11,16H,1-3H3. The zero-order chi connectivity index (χ0) is 20.7. The van der Waals surface area contributed by atoms with Crippen molar-refractivity contribution in [1.29, 1.82) is 0 Å². The first-order chi connectivity index (χ1) is 13.9. The molecule has 0 N–H and O–H groups in total. The highest BCUT2D eigenvalue weighted by molar-refractivity contribution is 9.10. The van der Waals surface area contributed by atoms with E-state index in [1.165, 1.54) is 11.8 Å². The molecule has 0 saturated heterocycles. The number of carbonyl (C=O) groups excluding carboxylic acids is 1. The first kappa shape index (κ1) is 19.1. The lowest BCUT2D eigenvalue weighted by Gasteiger charge is -2.15. The smallest absolute Gasteiger partial charge is 0.335 e. The first-order valence-electron chi connectivity index (χ1n) is 8.83. The Hall–Kier alpha value is -3.20. The van der Waals surface area contributed by atoms with E-state index < -0.39 is 17.6 Å². The number of carbonyl (C=O) groups is 1. The quantitative estimate of drug-likeness (QED) is 0.440. The van der Waals surface area contributed by atoms with Crippen molar-refractivity contribution in [3.8, 4) is 0 Å². The molecule has 2 aromatic heterocycles. The zero-order valence-electron chi connectivity index (χ0n) is 16.0. The van der Waals surface area contributed by atoms with E-state index in [4.69, 9.17) is 4.74 Å². The summed E-state index contributed by atoms with van der Waals surface area (Å²) in [7, 11) is 5.00. The second-order valence-corrected chi connectivity index (χ2v) is 7.60. The maximum Gasteiger partial charge on any atom is 0.335 e. The van der Waals surface area contributed by atoms with Crippen LogP contribution < -0.4 is 10.5 Å². The van der Waals surface area contributed by atoms with Gasteiger partial charge in [-0.15, -0.1) is 5.10 Å². The van der Waals surface area contributed by atoms with Crippen LogP contribution >= 0.6 is 15.9 Å². The number of fused-ring (bicyclic) bond motifs is 3. The molecule has 0 radical (unpaired) electrons. The van der Waals surface area contributed by atoms with E-state index in [1.807, 2.05) is 56.6 Å². The molecule has 4 aromatic rings. The number of ether oxygens (including phenoxy) is 1. The van der Waals surface area contributed by atoms with Gasteiger partial charge in [-0.05, 0) is 23.8 Å². The highest BCUT2D eigenvalue weighted by Gasteiger charge is 2.29. The molecule has 29 heavy (non-hydrogen) atoms. The third-order valence-corrected chi connectivity index (χ3v) is 5.11. The predicted octanol–water partition coefficient (Wildman–Crippen LogP) is 2.64. The molecule has 9 heteroatoms. The number of halogens is 1. The van der Waals surface area contributed by atoms with Gasteiger partial charge in [0.1, 0.15) is 0 Å². The van der Waals surface area contributed by atoms with E-state index in [1.54, 1.807) is 15.4 Å². The summed E-state index contributed by atoms with van der Waals surface area (Å²) in [6.07, 6.45) is 0. The monoisotopic (exact) mass is 455 g/mol. The summed E-state index contributed by atoms with van der Waals surface area (Å²) in [6, 6.07) is 13.7. The second-order valence-electron chi connectivity index (χ2n) is 6.69. The SMILES string of the molecule is COC(=O)C(c1ccccc1)n1nc(N(C)C)n2c3ccc(Br)cc3c(=O)nc12. The highest BCUT2D eigenvalue weighted by atomic mass is 79.9. The van der Waals surface area contributed by atoms with Gasteiger partial charge in [-0.1, -0.05) is 46.3 Å². The Morgan fingerprint density at radius 2 is 1.90 bits per heavy atom. The zero-order valence-corrected chi connectivity index (χ0v) is 17.6. The number of esters is 1. The second kappa shape index (κ2) is 7.32. The number of rotatable bonds is 4. The summed E-state index contributed by atoms with van der Waals surface area (Å²) in [5, 5.41) is 5.09. The number of anilines is 1. The van der Waals surface area contributed by atoms with Gasteiger partial charge in [0.15, 0.2) is 6.04 Å². The van der Waals surface area contributed by atoms with E-state index in [9.17, 15) is 9.59 Å². The largest absolute Gasteiger partial charge is 0.467 e. The molecule has 148 valence electrons. The third kappa shape index (κ3) is 3.17. The lowest BCUT2D eigenvalue weighted by molar-refractivity contribution is -0.143. The number of hydrogen-bond donors (Lipinski definition) is 0. The molecule has 0 saturated carbocycles. The van der Waals surface area contributed by atoms with Crippen molar-refractivity contribution in [3.63, 3.8) is 0 Å². The van der Waals surface area contributed by atoms with Crippen LogP contribution in [0, 0.1) is 0 Å². The molecule has 8 nitrogen and oxygen atoms in total. The lowest BCUT2D eigenvalue weighted by atomic mass is 10.1. The minimum absolute atomic E-state index is 0.257. The van der Waals surface area contributed by atoms with Crippen molar-refractivity contribution >= 4 is 44.5 Å². The Bertz CT molecular complexity index is 1280. The molecule has 0 amide bonds. The summed E-state index contributed by atoms with van der Waals surface area (Å²) >= 11 is 3.40. The van der Waals surface area contributed by atoms with Crippen LogP contribution in [0.4, 0.5) is 5.95 Å². The highest BCUT2D eigenvalue weighted by Crippen LogP contribution is 2.27. The molecule has 1 unspecified atom stereocenters. The van der Waals surface area contributed by atoms with Gasteiger partial charge in [0.05, 0.1) is 18.0 Å². The Morgan fingerprint density at radius 3 is 2.55 bits per heavy atom. The summed E-state index contributed by atoms with van der Waals surface area (Å²) in [4.78, 5) is 31.5. The molecule has 0 aliphatic carbocycles. The topological polar surface area (TPSA) is 81.7 Å². The van der Waals surface area contributed by atoms with Crippen LogP contribution in [0.15, 0.2) is 57.8 Å². The van der Waals surface area contributed by atoms with Gasteiger partial charge in [-0.2, -0.15) is 4.98 Å². The van der Waals surface area contributed by atoms with Crippen molar-refractivity contribution in [3.05, 3.63) is 68.9 Å². The van der Waals surface area contributed by atoms with Crippen LogP contribution in [0.2, 0.25) is 0 Å². The Balaban J connectivity index is 2.12. The number of benzene rings is 2. The Labute approximate surface area is 174 Å². The van der Waals surface area contributed by atoms with Crippen molar-refractivity contribution in [2.75, 3.05) is 26.1 Å². The normalized spacial score (nSPS) is 12.3. The summed E-state index contributed by atoms with van der Waals surface area (Å²) in [5.41, 5.74) is 0.930.